The van der Waals surface area contributed by atoms with Gasteiger partial charge < -0.3 is 15.2 Å². The average Bonchev–Trinajstić information content (AvgIpc) is 3.10. The number of nitro groups is 1. The minimum absolute atomic E-state index is 0.00515. The van der Waals surface area contributed by atoms with E-state index in [4.69, 9.17) is 0 Å². The molecule has 0 radical (unpaired) electrons. The van der Waals surface area contributed by atoms with E-state index in [0.29, 0.717) is 35.9 Å². The minimum atomic E-state index is -0.434. The molecule has 0 unspecified atom stereocenters. The van der Waals surface area contributed by atoms with Crippen LogP contribution in [0.15, 0.2) is 48.5 Å². The highest BCUT2D eigenvalue weighted by Crippen LogP contribution is 2.27. The molecular weight excluding hydrogens is 358 g/mol. The molecule has 0 bridgehead atoms. The molecule has 0 spiro atoms. The summed E-state index contributed by atoms with van der Waals surface area (Å²) in [4.78, 5) is 28.1. The van der Waals surface area contributed by atoms with Gasteiger partial charge in [-0.05, 0) is 19.1 Å². The molecule has 0 saturated heterocycles. The number of non-ortho nitro benzene ring substituents is 1. The number of rotatable bonds is 4. The molecule has 1 aliphatic rings. The number of aromatic nitrogens is 2. The summed E-state index contributed by atoms with van der Waals surface area (Å²) in [7, 11) is 0. The van der Waals surface area contributed by atoms with Gasteiger partial charge in [-0.3, -0.25) is 14.9 Å². The summed E-state index contributed by atoms with van der Waals surface area (Å²) in [6.07, 6.45) is 0. The number of carbonyl (C=O) groups is 1. The molecule has 28 heavy (non-hydrogen) atoms. The number of amides is 1. The number of aryl methyl sites for hydroxylation is 1. The zero-order chi connectivity index (χ0) is 19.7. The SMILES string of the molecule is Cc1ccc(NC(=O)c2nc(-c3cccc([N+](=O)[O-])c3)n3c2CNCC3)cc1. The van der Waals surface area contributed by atoms with Crippen molar-refractivity contribution in [3.63, 3.8) is 0 Å². The molecule has 8 heteroatoms. The molecule has 142 valence electrons. The van der Waals surface area contributed by atoms with E-state index < -0.39 is 4.92 Å². The monoisotopic (exact) mass is 377 g/mol. The quantitative estimate of drug-likeness (QED) is 0.537. The topological polar surface area (TPSA) is 102 Å². The maximum Gasteiger partial charge on any atom is 0.276 e. The predicted molar refractivity (Wildman–Crippen MR) is 105 cm³/mol. The Morgan fingerprint density at radius 1 is 1.25 bits per heavy atom. The molecule has 2 heterocycles. The fourth-order valence-electron chi connectivity index (χ4n) is 3.29. The van der Waals surface area contributed by atoms with Crippen LogP contribution in [0.3, 0.4) is 0 Å². The van der Waals surface area contributed by atoms with Crippen molar-refractivity contribution in [1.82, 2.24) is 14.9 Å². The largest absolute Gasteiger partial charge is 0.325 e. The summed E-state index contributed by atoms with van der Waals surface area (Å²) in [5.74, 6) is 0.266. The fourth-order valence-corrected chi connectivity index (χ4v) is 3.29. The minimum Gasteiger partial charge on any atom is -0.325 e. The van der Waals surface area contributed by atoms with E-state index in [-0.39, 0.29) is 11.6 Å². The number of carbonyl (C=O) groups excluding carboxylic acids is 1. The van der Waals surface area contributed by atoms with E-state index in [1.165, 1.54) is 12.1 Å². The van der Waals surface area contributed by atoms with Crippen LogP contribution in [0.2, 0.25) is 0 Å². The van der Waals surface area contributed by atoms with E-state index in [9.17, 15) is 14.9 Å². The predicted octanol–water partition coefficient (Wildman–Crippen LogP) is 3.12. The molecule has 8 nitrogen and oxygen atoms in total. The van der Waals surface area contributed by atoms with Crippen LogP contribution in [0.5, 0.6) is 0 Å². The summed E-state index contributed by atoms with van der Waals surface area (Å²) in [5, 5.41) is 17.3. The van der Waals surface area contributed by atoms with E-state index >= 15 is 0 Å². The van der Waals surface area contributed by atoms with Crippen molar-refractivity contribution in [2.24, 2.45) is 0 Å². The van der Waals surface area contributed by atoms with Gasteiger partial charge in [0, 0.05) is 43.0 Å². The van der Waals surface area contributed by atoms with Crippen molar-refractivity contribution in [2.45, 2.75) is 20.0 Å². The Bertz CT molecular complexity index is 1060. The molecular formula is C20H19N5O3. The van der Waals surface area contributed by atoms with Crippen LogP contribution >= 0.6 is 0 Å². The lowest BCUT2D eigenvalue weighted by Crippen LogP contribution is -2.29. The number of benzene rings is 2. The second kappa shape index (κ2) is 7.24. The van der Waals surface area contributed by atoms with Gasteiger partial charge in [0.1, 0.15) is 5.82 Å². The number of nitro benzene ring substituents is 1. The molecule has 0 aliphatic carbocycles. The van der Waals surface area contributed by atoms with E-state index in [1.54, 1.807) is 12.1 Å². The Morgan fingerprint density at radius 3 is 2.79 bits per heavy atom. The maximum atomic E-state index is 12.9. The van der Waals surface area contributed by atoms with Gasteiger partial charge in [-0.25, -0.2) is 4.98 Å². The third-order valence-corrected chi connectivity index (χ3v) is 4.72. The third kappa shape index (κ3) is 3.37. The number of fused-ring (bicyclic) bond motifs is 1. The van der Waals surface area contributed by atoms with Crippen molar-refractivity contribution in [1.29, 1.82) is 0 Å². The smallest absolute Gasteiger partial charge is 0.276 e. The first-order chi connectivity index (χ1) is 13.5. The Labute approximate surface area is 161 Å². The zero-order valence-electron chi connectivity index (χ0n) is 15.3. The number of imidazole rings is 1. The lowest BCUT2D eigenvalue weighted by molar-refractivity contribution is -0.384. The number of hydrogen-bond donors (Lipinski definition) is 2. The first kappa shape index (κ1) is 17.9. The average molecular weight is 377 g/mol. The van der Waals surface area contributed by atoms with Crippen LogP contribution in [0.25, 0.3) is 11.4 Å². The summed E-state index contributed by atoms with van der Waals surface area (Å²) in [6, 6.07) is 13.9. The Morgan fingerprint density at radius 2 is 2.04 bits per heavy atom. The number of hydrogen-bond acceptors (Lipinski definition) is 5. The summed E-state index contributed by atoms with van der Waals surface area (Å²) in [5.41, 5.74) is 3.51. The first-order valence-corrected chi connectivity index (χ1v) is 8.96. The van der Waals surface area contributed by atoms with Crippen LogP contribution in [0, 0.1) is 17.0 Å². The first-order valence-electron chi connectivity index (χ1n) is 8.96. The second-order valence-electron chi connectivity index (χ2n) is 6.69. The van der Waals surface area contributed by atoms with Gasteiger partial charge in [0.05, 0.1) is 10.6 Å². The molecule has 2 aromatic carbocycles. The van der Waals surface area contributed by atoms with Crippen LogP contribution in [-0.4, -0.2) is 26.9 Å². The number of anilines is 1. The molecule has 1 aromatic heterocycles. The maximum absolute atomic E-state index is 12.9. The Hall–Kier alpha value is -3.52. The van der Waals surface area contributed by atoms with Gasteiger partial charge >= 0.3 is 0 Å². The summed E-state index contributed by atoms with van der Waals surface area (Å²) in [6.45, 7) is 3.87. The third-order valence-electron chi connectivity index (χ3n) is 4.72. The standard InChI is InChI=1S/C20H19N5O3/c1-13-5-7-15(8-6-13)22-20(26)18-17-12-21-9-10-24(17)19(23-18)14-3-2-4-16(11-14)25(27)28/h2-8,11,21H,9-10,12H2,1H3,(H,22,26). The second-order valence-corrected chi connectivity index (χ2v) is 6.69. The highest BCUT2D eigenvalue weighted by Gasteiger charge is 2.25. The number of nitrogens with one attached hydrogen (secondary N) is 2. The van der Waals surface area contributed by atoms with Crippen molar-refractivity contribution in [3.05, 3.63) is 75.6 Å². The van der Waals surface area contributed by atoms with Crippen molar-refractivity contribution in [3.8, 4) is 11.4 Å². The van der Waals surface area contributed by atoms with Gasteiger partial charge in [0.25, 0.3) is 11.6 Å². The van der Waals surface area contributed by atoms with Crippen LogP contribution in [0.1, 0.15) is 21.7 Å². The van der Waals surface area contributed by atoms with Crippen molar-refractivity contribution < 1.29 is 9.72 Å². The van der Waals surface area contributed by atoms with E-state index in [1.807, 2.05) is 35.8 Å². The van der Waals surface area contributed by atoms with Gasteiger partial charge in [0.2, 0.25) is 0 Å². The van der Waals surface area contributed by atoms with Gasteiger partial charge in [-0.1, -0.05) is 29.8 Å². The molecule has 0 saturated carbocycles. The Balaban J connectivity index is 1.73. The normalized spacial score (nSPS) is 13.0. The van der Waals surface area contributed by atoms with Crippen molar-refractivity contribution in [2.75, 3.05) is 11.9 Å². The molecule has 0 atom stereocenters. The molecule has 1 aliphatic heterocycles. The highest BCUT2D eigenvalue weighted by atomic mass is 16.6. The van der Waals surface area contributed by atoms with Crippen LogP contribution in [-0.2, 0) is 13.1 Å². The van der Waals surface area contributed by atoms with Gasteiger partial charge in [0.15, 0.2) is 5.69 Å². The zero-order valence-corrected chi connectivity index (χ0v) is 15.3. The van der Waals surface area contributed by atoms with Crippen LogP contribution < -0.4 is 10.6 Å². The summed E-state index contributed by atoms with van der Waals surface area (Å²) >= 11 is 0. The highest BCUT2D eigenvalue weighted by molar-refractivity contribution is 6.04. The number of nitrogens with zero attached hydrogens (tertiary/aromatic N) is 3. The molecule has 2 N–H and O–H groups in total. The van der Waals surface area contributed by atoms with Crippen molar-refractivity contribution >= 4 is 17.3 Å². The lowest BCUT2D eigenvalue weighted by atomic mass is 10.2. The Kier molecular flexibility index (Phi) is 4.62. The summed E-state index contributed by atoms with van der Waals surface area (Å²) < 4.78 is 1.96. The fraction of sp³-hybridized carbons (Fsp3) is 0.200. The van der Waals surface area contributed by atoms with Crippen LogP contribution in [0.4, 0.5) is 11.4 Å². The van der Waals surface area contributed by atoms with Gasteiger partial charge in [-0.15, -0.1) is 0 Å². The molecule has 3 aromatic rings. The molecule has 0 fully saturated rings. The molecule has 4 rings (SSSR count). The van der Waals surface area contributed by atoms with E-state index in [0.717, 1.165) is 17.8 Å². The van der Waals surface area contributed by atoms with E-state index in [2.05, 4.69) is 15.6 Å². The molecule has 1 amide bonds. The lowest BCUT2D eigenvalue weighted by Gasteiger charge is -2.18. The van der Waals surface area contributed by atoms with Gasteiger partial charge in [-0.2, -0.15) is 0 Å².